The van der Waals surface area contributed by atoms with Crippen LogP contribution in [0.3, 0.4) is 0 Å². The second kappa shape index (κ2) is 8.03. The molecule has 0 bridgehead atoms. The maximum atomic E-state index is 12.0. The van der Waals surface area contributed by atoms with Gasteiger partial charge in [0.15, 0.2) is 11.0 Å². The highest BCUT2D eigenvalue weighted by Gasteiger charge is 2.22. The Morgan fingerprint density at radius 3 is 2.83 bits per heavy atom. The third kappa shape index (κ3) is 4.49. The summed E-state index contributed by atoms with van der Waals surface area (Å²) in [5, 5.41) is 7.11. The maximum Gasteiger partial charge on any atom is 0.352 e. The van der Waals surface area contributed by atoms with E-state index in [1.54, 1.807) is 6.07 Å². The van der Waals surface area contributed by atoms with Crippen LogP contribution in [0.4, 0.5) is 0 Å². The van der Waals surface area contributed by atoms with Crippen molar-refractivity contribution in [2.75, 3.05) is 0 Å². The number of ether oxygens (including phenoxy) is 1. The molecule has 1 aromatic carbocycles. The summed E-state index contributed by atoms with van der Waals surface area (Å²) in [6, 6.07) is 7.21. The highest BCUT2D eigenvalue weighted by Crippen LogP contribution is 2.15. The SMILES string of the molecule is CCc1nnsc1C(=O)O[C@H](C)C(=O)NCc1ccccc1Cl. The molecule has 1 atom stereocenters. The highest BCUT2D eigenvalue weighted by molar-refractivity contribution is 7.07. The summed E-state index contributed by atoms with van der Waals surface area (Å²) in [7, 11) is 0. The van der Waals surface area contributed by atoms with E-state index in [1.807, 2.05) is 25.1 Å². The van der Waals surface area contributed by atoms with Crippen molar-refractivity contribution in [2.45, 2.75) is 32.9 Å². The van der Waals surface area contributed by atoms with Crippen molar-refractivity contribution in [3.05, 3.63) is 45.4 Å². The molecule has 0 radical (unpaired) electrons. The number of nitrogens with one attached hydrogen (secondary N) is 1. The smallest absolute Gasteiger partial charge is 0.352 e. The van der Waals surface area contributed by atoms with Gasteiger partial charge in [-0.2, -0.15) is 0 Å². The second-order valence-corrected chi connectivity index (χ2v) is 5.92. The molecular weight excluding hydrogens is 338 g/mol. The van der Waals surface area contributed by atoms with Gasteiger partial charge in [0.05, 0.1) is 5.69 Å². The molecule has 6 nitrogen and oxygen atoms in total. The van der Waals surface area contributed by atoms with E-state index < -0.39 is 18.0 Å². The summed E-state index contributed by atoms with van der Waals surface area (Å²) in [5.41, 5.74) is 1.37. The number of nitrogens with zero attached hydrogens (tertiary/aromatic N) is 2. The van der Waals surface area contributed by atoms with Crippen molar-refractivity contribution in [3.8, 4) is 0 Å². The fourth-order valence-corrected chi connectivity index (χ4v) is 2.67. The number of aromatic nitrogens is 2. The Kier molecular flexibility index (Phi) is 6.06. The van der Waals surface area contributed by atoms with Crippen LogP contribution in [0.25, 0.3) is 0 Å². The fourth-order valence-electron chi connectivity index (χ4n) is 1.83. The Balaban J connectivity index is 1.90. The normalized spacial score (nSPS) is 11.8. The zero-order chi connectivity index (χ0) is 16.8. The van der Waals surface area contributed by atoms with Crippen molar-refractivity contribution in [1.82, 2.24) is 14.9 Å². The number of amides is 1. The maximum absolute atomic E-state index is 12.0. The van der Waals surface area contributed by atoms with Gasteiger partial charge >= 0.3 is 5.97 Å². The molecule has 0 aliphatic heterocycles. The zero-order valence-electron chi connectivity index (χ0n) is 12.7. The van der Waals surface area contributed by atoms with Gasteiger partial charge in [0.2, 0.25) is 0 Å². The number of halogens is 1. The summed E-state index contributed by atoms with van der Waals surface area (Å²) in [4.78, 5) is 24.4. The average Bonchev–Trinajstić information content (AvgIpc) is 3.02. The van der Waals surface area contributed by atoms with Gasteiger partial charge in [-0.1, -0.05) is 41.2 Å². The molecule has 23 heavy (non-hydrogen) atoms. The van der Waals surface area contributed by atoms with Crippen LogP contribution in [0.5, 0.6) is 0 Å². The topological polar surface area (TPSA) is 81.2 Å². The molecular formula is C15H16ClN3O3S. The van der Waals surface area contributed by atoms with Crippen LogP contribution in [0, 0.1) is 0 Å². The van der Waals surface area contributed by atoms with Gasteiger partial charge < -0.3 is 10.1 Å². The number of esters is 1. The third-order valence-electron chi connectivity index (χ3n) is 3.14. The van der Waals surface area contributed by atoms with E-state index in [1.165, 1.54) is 6.92 Å². The molecule has 0 saturated carbocycles. The number of rotatable bonds is 6. The lowest BCUT2D eigenvalue weighted by atomic mass is 10.2. The first-order chi connectivity index (χ1) is 11.0. The summed E-state index contributed by atoms with van der Waals surface area (Å²) < 4.78 is 8.89. The first-order valence-electron chi connectivity index (χ1n) is 7.06. The van der Waals surface area contributed by atoms with Crippen molar-refractivity contribution in [1.29, 1.82) is 0 Å². The minimum absolute atomic E-state index is 0.267. The fraction of sp³-hybridized carbons (Fsp3) is 0.333. The Hall–Kier alpha value is -1.99. The Morgan fingerprint density at radius 2 is 2.13 bits per heavy atom. The molecule has 0 aliphatic rings. The minimum Gasteiger partial charge on any atom is -0.448 e. The summed E-state index contributed by atoms with van der Waals surface area (Å²) >= 11 is 6.99. The molecule has 1 heterocycles. The monoisotopic (exact) mass is 353 g/mol. The number of aryl methyl sites for hydroxylation is 1. The molecule has 122 valence electrons. The molecule has 2 rings (SSSR count). The predicted octanol–water partition coefficient (Wildman–Crippen LogP) is 2.62. The standard InChI is InChI=1S/C15H16ClN3O3S/c1-3-12-13(23-19-18-12)15(21)22-9(2)14(20)17-8-10-6-4-5-7-11(10)16/h4-7,9H,3,8H2,1-2H3,(H,17,20)/t9-/m1/s1. The number of hydrogen-bond donors (Lipinski definition) is 1. The summed E-state index contributed by atoms with van der Waals surface area (Å²) in [6.45, 7) is 3.65. The van der Waals surface area contributed by atoms with E-state index in [9.17, 15) is 9.59 Å². The van der Waals surface area contributed by atoms with E-state index in [0.29, 0.717) is 22.0 Å². The van der Waals surface area contributed by atoms with Crippen LogP contribution in [0.1, 0.15) is 34.8 Å². The highest BCUT2D eigenvalue weighted by atomic mass is 35.5. The Bertz CT molecular complexity index is 705. The van der Waals surface area contributed by atoms with Crippen LogP contribution < -0.4 is 5.32 Å². The first kappa shape index (κ1) is 17.4. The zero-order valence-corrected chi connectivity index (χ0v) is 14.3. The Morgan fingerprint density at radius 1 is 1.39 bits per heavy atom. The van der Waals surface area contributed by atoms with E-state index in [2.05, 4.69) is 14.9 Å². The van der Waals surface area contributed by atoms with Gasteiger partial charge in [-0.15, -0.1) is 5.10 Å². The van der Waals surface area contributed by atoms with Crippen molar-refractivity contribution >= 4 is 35.0 Å². The molecule has 0 fully saturated rings. The lowest BCUT2D eigenvalue weighted by Gasteiger charge is -2.13. The lowest BCUT2D eigenvalue weighted by molar-refractivity contribution is -0.129. The van der Waals surface area contributed by atoms with E-state index in [-0.39, 0.29) is 6.54 Å². The predicted molar refractivity (Wildman–Crippen MR) is 87.5 cm³/mol. The van der Waals surface area contributed by atoms with Gasteiger partial charge in [-0.25, -0.2) is 4.79 Å². The van der Waals surface area contributed by atoms with Gasteiger partial charge in [-0.05, 0) is 36.5 Å². The first-order valence-corrected chi connectivity index (χ1v) is 8.21. The molecule has 8 heteroatoms. The van der Waals surface area contributed by atoms with Gasteiger partial charge in [0, 0.05) is 11.6 Å². The lowest BCUT2D eigenvalue weighted by Crippen LogP contribution is -2.35. The summed E-state index contributed by atoms with van der Waals surface area (Å²) in [6.07, 6.45) is -0.342. The molecule has 1 amide bonds. The van der Waals surface area contributed by atoms with E-state index in [0.717, 1.165) is 17.1 Å². The number of benzene rings is 1. The summed E-state index contributed by atoms with van der Waals surface area (Å²) in [5.74, 6) is -0.981. The molecule has 2 aromatic rings. The molecule has 0 spiro atoms. The van der Waals surface area contributed by atoms with Crippen molar-refractivity contribution < 1.29 is 14.3 Å². The molecule has 1 N–H and O–H groups in total. The number of carbonyl (C=O) groups is 2. The van der Waals surface area contributed by atoms with Crippen LogP contribution in [0.2, 0.25) is 5.02 Å². The van der Waals surface area contributed by atoms with Crippen molar-refractivity contribution in [3.63, 3.8) is 0 Å². The number of hydrogen-bond acceptors (Lipinski definition) is 6. The quantitative estimate of drug-likeness (QED) is 0.807. The molecule has 1 aromatic heterocycles. The van der Waals surface area contributed by atoms with Gasteiger partial charge in [0.25, 0.3) is 5.91 Å². The van der Waals surface area contributed by atoms with Gasteiger partial charge in [-0.3, -0.25) is 4.79 Å². The number of carbonyl (C=O) groups excluding carboxylic acids is 2. The third-order valence-corrected chi connectivity index (χ3v) is 4.26. The van der Waals surface area contributed by atoms with Crippen LogP contribution in [-0.2, 0) is 22.5 Å². The second-order valence-electron chi connectivity index (χ2n) is 4.76. The van der Waals surface area contributed by atoms with E-state index in [4.69, 9.17) is 16.3 Å². The molecule has 0 saturated heterocycles. The minimum atomic E-state index is -0.920. The van der Waals surface area contributed by atoms with Crippen LogP contribution in [-0.4, -0.2) is 27.6 Å². The largest absolute Gasteiger partial charge is 0.448 e. The van der Waals surface area contributed by atoms with Crippen LogP contribution in [0.15, 0.2) is 24.3 Å². The Labute approximate surface area is 143 Å². The van der Waals surface area contributed by atoms with Crippen LogP contribution >= 0.6 is 23.1 Å². The van der Waals surface area contributed by atoms with Gasteiger partial charge in [0.1, 0.15) is 0 Å². The van der Waals surface area contributed by atoms with E-state index >= 15 is 0 Å². The molecule has 0 unspecified atom stereocenters. The molecule has 0 aliphatic carbocycles. The average molecular weight is 354 g/mol. The van der Waals surface area contributed by atoms with Crippen molar-refractivity contribution in [2.24, 2.45) is 0 Å².